The summed E-state index contributed by atoms with van der Waals surface area (Å²) in [6.45, 7) is 1.51. The molecule has 0 aliphatic heterocycles. The van der Waals surface area contributed by atoms with Crippen molar-refractivity contribution in [3.05, 3.63) is 24.0 Å². The van der Waals surface area contributed by atoms with Crippen molar-refractivity contribution in [1.29, 1.82) is 0 Å². The molecule has 4 nitrogen and oxygen atoms in total. The molecule has 16 heavy (non-hydrogen) atoms. The molecule has 0 aliphatic carbocycles. The van der Waals surface area contributed by atoms with Crippen LogP contribution in [0.25, 0.3) is 0 Å². The molecule has 0 spiro atoms. The maximum absolute atomic E-state index is 13.2. The van der Waals surface area contributed by atoms with E-state index in [0.29, 0.717) is 5.69 Å². The molecule has 0 radical (unpaired) electrons. The van der Waals surface area contributed by atoms with Gasteiger partial charge in [-0.15, -0.1) is 0 Å². The Morgan fingerprint density at radius 2 is 2.19 bits per heavy atom. The van der Waals surface area contributed by atoms with Gasteiger partial charge < -0.3 is 11.1 Å². The molecule has 0 bridgehead atoms. The van der Waals surface area contributed by atoms with Gasteiger partial charge in [-0.05, 0) is 25.1 Å². The number of amides is 1. The lowest BCUT2D eigenvalue weighted by atomic mass is 10.2. The number of hydrogen-bond acceptors (Lipinski definition) is 3. The third kappa shape index (κ3) is 3.03. The lowest BCUT2D eigenvalue weighted by molar-refractivity contribution is -0.115. The topological polar surface area (TPSA) is 72.2 Å². The Bertz CT molecular complexity index is 437. The quantitative estimate of drug-likeness (QED) is 0.782. The number of halogens is 1. The highest BCUT2D eigenvalue weighted by Gasteiger charge is 2.17. The van der Waals surface area contributed by atoms with E-state index in [2.05, 4.69) is 5.32 Å². The molecule has 0 aromatic heterocycles. The van der Waals surface area contributed by atoms with E-state index >= 15 is 0 Å². The highest BCUT2D eigenvalue weighted by atomic mass is 32.2. The smallest absolute Gasteiger partial charge is 0.239 e. The van der Waals surface area contributed by atoms with Crippen molar-refractivity contribution in [2.75, 3.05) is 17.3 Å². The van der Waals surface area contributed by atoms with Crippen LogP contribution in [0.15, 0.2) is 18.2 Å². The number of nitrogen functional groups attached to an aromatic ring is 1. The van der Waals surface area contributed by atoms with Gasteiger partial charge in [-0.1, -0.05) is 0 Å². The number of rotatable bonds is 3. The summed E-state index contributed by atoms with van der Waals surface area (Å²) in [6.07, 6.45) is 1.42. The average Bonchev–Trinajstić information content (AvgIpc) is 2.22. The molecule has 0 heterocycles. The van der Waals surface area contributed by atoms with E-state index in [0.717, 1.165) is 0 Å². The fourth-order valence-electron chi connectivity index (χ4n) is 1.02. The van der Waals surface area contributed by atoms with Crippen molar-refractivity contribution in [3.63, 3.8) is 0 Å². The third-order valence-corrected chi connectivity index (χ3v) is 3.33. The van der Waals surface area contributed by atoms with Gasteiger partial charge in [-0.3, -0.25) is 9.00 Å². The Morgan fingerprint density at radius 1 is 1.56 bits per heavy atom. The molecule has 2 atom stereocenters. The number of carbonyl (C=O) groups excluding carboxylic acids is 1. The molecule has 1 aromatic carbocycles. The predicted octanol–water partition coefficient (Wildman–Crippen LogP) is 1.11. The predicted molar refractivity (Wildman–Crippen MR) is 63.0 cm³/mol. The molecule has 0 saturated carbocycles. The molecule has 3 N–H and O–H groups in total. The number of nitrogens with one attached hydrogen (secondary N) is 1. The molecule has 1 amide bonds. The average molecular weight is 244 g/mol. The summed E-state index contributed by atoms with van der Waals surface area (Å²) in [6, 6.07) is 3.88. The normalized spacial score (nSPS) is 14.2. The van der Waals surface area contributed by atoms with Crippen LogP contribution >= 0.6 is 0 Å². The molecule has 6 heteroatoms. The zero-order chi connectivity index (χ0) is 12.3. The van der Waals surface area contributed by atoms with Crippen LogP contribution in [0.1, 0.15) is 6.92 Å². The zero-order valence-electron chi connectivity index (χ0n) is 8.99. The largest absolute Gasteiger partial charge is 0.399 e. The second kappa shape index (κ2) is 5.07. The molecular formula is C10H13FN2O2S. The summed E-state index contributed by atoms with van der Waals surface area (Å²) in [4.78, 5) is 11.5. The Balaban J connectivity index is 2.84. The van der Waals surface area contributed by atoms with Crippen LogP contribution < -0.4 is 11.1 Å². The minimum Gasteiger partial charge on any atom is -0.399 e. The van der Waals surface area contributed by atoms with Gasteiger partial charge in [0.2, 0.25) is 5.91 Å². The first-order chi connectivity index (χ1) is 7.41. The van der Waals surface area contributed by atoms with Gasteiger partial charge in [0.25, 0.3) is 0 Å². The SMILES string of the molecule is CC(C(=O)Nc1cc(N)ccc1F)S(C)=O. The van der Waals surface area contributed by atoms with Gasteiger partial charge in [0.05, 0.1) is 5.69 Å². The number of hydrogen-bond donors (Lipinski definition) is 2. The highest BCUT2D eigenvalue weighted by molar-refractivity contribution is 7.85. The van der Waals surface area contributed by atoms with Crippen molar-refractivity contribution in [2.24, 2.45) is 0 Å². The fraction of sp³-hybridized carbons (Fsp3) is 0.300. The van der Waals surface area contributed by atoms with E-state index in [1.54, 1.807) is 0 Å². The van der Waals surface area contributed by atoms with Gasteiger partial charge >= 0.3 is 0 Å². The van der Waals surface area contributed by atoms with Crippen LogP contribution in [0.3, 0.4) is 0 Å². The summed E-state index contributed by atoms with van der Waals surface area (Å²) in [5.41, 5.74) is 5.81. The first-order valence-electron chi connectivity index (χ1n) is 4.60. The Morgan fingerprint density at radius 3 is 2.75 bits per heavy atom. The first kappa shape index (κ1) is 12.6. The molecule has 1 rings (SSSR count). The standard InChI is InChI=1S/C10H13FN2O2S/c1-6(16(2)15)10(14)13-9-5-7(12)3-4-8(9)11/h3-6H,12H2,1-2H3,(H,13,14). The van der Waals surface area contributed by atoms with E-state index in [9.17, 15) is 13.4 Å². The van der Waals surface area contributed by atoms with Gasteiger partial charge in [0.15, 0.2) is 0 Å². The van der Waals surface area contributed by atoms with Crippen molar-refractivity contribution in [2.45, 2.75) is 12.2 Å². The maximum Gasteiger partial charge on any atom is 0.239 e. The summed E-state index contributed by atoms with van der Waals surface area (Å²) in [5.74, 6) is -1.07. The molecule has 88 valence electrons. The molecule has 0 fully saturated rings. The van der Waals surface area contributed by atoms with Crippen LogP contribution in [0.2, 0.25) is 0 Å². The summed E-state index contributed by atoms with van der Waals surface area (Å²) < 4.78 is 24.3. The van der Waals surface area contributed by atoms with Crippen LogP contribution in [0, 0.1) is 5.82 Å². The monoisotopic (exact) mass is 244 g/mol. The van der Waals surface area contributed by atoms with Crippen molar-refractivity contribution < 1.29 is 13.4 Å². The Labute approximate surface area is 95.5 Å². The van der Waals surface area contributed by atoms with Crippen LogP contribution in [-0.2, 0) is 15.6 Å². The van der Waals surface area contributed by atoms with E-state index < -0.39 is 27.8 Å². The van der Waals surface area contributed by atoms with Gasteiger partial charge in [0, 0.05) is 22.7 Å². The van der Waals surface area contributed by atoms with E-state index in [1.165, 1.54) is 31.4 Å². The number of anilines is 2. The van der Waals surface area contributed by atoms with Gasteiger partial charge in [0.1, 0.15) is 11.1 Å². The van der Waals surface area contributed by atoms with Crippen LogP contribution in [0.5, 0.6) is 0 Å². The maximum atomic E-state index is 13.2. The van der Waals surface area contributed by atoms with Crippen molar-refractivity contribution >= 4 is 28.1 Å². The van der Waals surface area contributed by atoms with E-state index in [-0.39, 0.29) is 5.69 Å². The summed E-state index contributed by atoms with van der Waals surface area (Å²) in [5, 5.41) is 1.65. The molecule has 2 unspecified atom stereocenters. The number of benzene rings is 1. The van der Waals surface area contributed by atoms with Crippen molar-refractivity contribution in [1.82, 2.24) is 0 Å². The fourth-order valence-corrected chi connectivity index (χ4v) is 1.38. The van der Waals surface area contributed by atoms with Crippen molar-refractivity contribution in [3.8, 4) is 0 Å². The van der Waals surface area contributed by atoms with E-state index in [4.69, 9.17) is 5.73 Å². The zero-order valence-corrected chi connectivity index (χ0v) is 9.81. The third-order valence-electron chi connectivity index (χ3n) is 2.12. The molecule has 0 saturated heterocycles. The van der Waals surface area contributed by atoms with E-state index in [1.807, 2.05) is 0 Å². The molecular weight excluding hydrogens is 231 g/mol. The summed E-state index contributed by atoms with van der Waals surface area (Å²) >= 11 is 0. The highest BCUT2D eigenvalue weighted by Crippen LogP contribution is 2.17. The second-order valence-corrected chi connectivity index (χ2v) is 5.07. The van der Waals surface area contributed by atoms with Crippen LogP contribution in [-0.4, -0.2) is 21.6 Å². The van der Waals surface area contributed by atoms with Gasteiger partial charge in [-0.25, -0.2) is 4.39 Å². The molecule has 1 aromatic rings. The Kier molecular flexibility index (Phi) is 4.00. The van der Waals surface area contributed by atoms with Gasteiger partial charge in [-0.2, -0.15) is 0 Å². The lowest BCUT2D eigenvalue weighted by Gasteiger charge is -2.10. The Hall–Kier alpha value is -1.43. The minimum atomic E-state index is -1.29. The number of carbonyl (C=O) groups is 1. The molecule has 0 aliphatic rings. The van der Waals surface area contributed by atoms with Crippen LogP contribution in [0.4, 0.5) is 15.8 Å². The summed E-state index contributed by atoms with van der Waals surface area (Å²) in [7, 11) is -1.29. The second-order valence-electron chi connectivity index (χ2n) is 3.37. The first-order valence-corrected chi connectivity index (χ1v) is 6.22. The lowest BCUT2D eigenvalue weighted by Crippen LogP contribution is -2.28. The number of nitrogens with two attached hydrogens (primary N) is 1. The minimum absolute atomic E-state index is 0.00213.